The molecule has 0 spiro atoms. The van der Waals surface area contributed by atoms with Crippen LogP contribution in [0, 0.1) is 0 Å². The Bertz CT molecular complexity index is 668. The first-order chi connectivity index (χ1) is 8.79. The standard InChI is InChI=1S/C14H17N3O/c1-2-3-11(15)9-17-14-10(8-16-17)4-5-13-12(14)6-7-18-13/h4-8,11H,2-3,9,15H2,1H3. The van der Waals surface area contributed by atoms with Crippen molar-refractivity contribution >= 4 is 21.9 Å². The highest BCUT2D eigenvalue weighted by molar-refractivity contribution is 6.03. The van der Waals surface area contributed by atoms with Crippen molar-refractivity contribution in [2.24, 2.45) is 5.73 Å². The lowest BCUT2D eigenvalue weighted by Gasteiger charge is -2.11. The van der Waals surface area contributed by atoms with Gasteiger partial charge in [0.25, 0.3) is 0 Å². The van der Waals surface area contributed by atoms with E-state index in [4.69, 9.17) is 10.2 Å². The molecule has 0 radical (unpaired) electrons. The number of aromatic nitrogens is 2. The first-order valence-corrected chi connectivity index (χ1v) is 6.37. The number of nitrogens with two attached hydrogens (primary N) is 1. The Labute approximate surface area is 105 Å². The quantitative estimate of drug-likeness (QED) is 0.766. The van der Waals surface area contributed by atoms with Gasteiger partial charge in [0.2, 0.25) is 0 Å². The Morgan fingerprint density at radius 1 is 1.39 bits per heavy atom. The van der Waals surface area contributed by atoms with Crippen LogP contribution in [-0.4, -0.2) is 15.8 Å². The highest BCUT2D eigenvalue weighted by atomic mass is 16.3. The van der Waals surface area contributed by atoms with Crippen LogP contribution < -0.4 is 5.73 Å². The molecule has 18 heavy (non-hydrogen) atoms. The maximum Gasteiger partial charge on any atom is 0.136 e. The number of rotatable bonds is 4. The molecule has 1 aromatic carbocycles. The zero-order chi connectivity index (χ0) is 12.5. The highest BCUT2D eigenvalue weighted by Gasteiger charge is 2.11. The molecule has 0 aliphatic carbocycles. The van der Waals surface area contributed by atoms with Crippen LogP contribution in [0.25, 0.3) is 21.9 Å². The average molecular weight is 243 g/mol. The molecule has 2 aromatic heterocycles. The van der Waals surface area contributed by atoms with E-state index in [1.54, 1.807) is 6.26 Å². The Hall–Kier alpha value is -1.81. The normalized spacial score (nSPS) is 13.4. The van der Waals surface area contributed by atoms with E-state index >= 15 is 0 Å². The second kappa shape index (κ2) is 4.46. The second-order valence-electron chi connectivity index (χ2n) is 4.71. The fourth-order valence-corrected chi connectivity index (χ4v) is 2.45. The van der Waals surface area contributed by atoms with Gasteiger partial charge in [0.15, 0.2) is 0 Å². The zero-order valence-corrected chi connectivity index (χ0v) is 10.5. The molecule has 2 heterocycles. The van der Waals surface area contributed by atoms with Gasteiger partial charge in [-0.15, -0.1) is 0 Å². The topological polar surface area (TPSA) is 57.0 Å². The van der Waals surface area contributed by atoms with E-state index < -0.39 is 0 Å². The third kappa shape index (κ3) is 1.78. The summed E-state index contributed by atoms with van der Waals surface area (Å²) in [5.41, 5.74) is 8.12. The lowest BCUT2D eigenvalue weighted by molar-refractivity contribution is 0.492. The van der Waals surface area contributed by atoms with Gasteiger partial charge < -0.3 is 10.2 Å². The molecule has 0 saturated carbocycles. The van der Waals surface area contributed by atoms with E-state index in [-0.39, 0.29) is 6.04 Å². The maximum atomic E-state index is 6.10. The maximum absolute atomic E-state index is 6.10. The van der Waals surface area contributed by atoms with Crippen molar-refractivity contribution in [3.63, 3.8) is 0 Å². The van der Waals surface area contributed by atoms with Crippen molar-refractivity contribution in [1.29, 1.82) is 0 Å². The van der Waals surface area contributed by atoms with Crippen LogP contribution in [0.2, 0.25) is 0 Å². The number of benzene rings is 1. The summed E-state index contributed by atoms with van der Waals surface area (Å²) in [6, 6.07) is 6.16. The second-order valence-corrected chi connectivity index (χ2v) is 4.71. The molecule has 0 saturated heterocycles. The van der Waals surface area contributed by atoms with E-state index in [1.165, 1.54) is 0 Å². The van der Waals surface area contributed by atoms with E-state index in [0.717, 1.165) is 41.3 Å². The van der Waals surface area contributed by atoms with Crippen molar-refractivity contribution in [2.45, 2.75) is 32.4 Å². The number of hydrogen-bond donors (Lipinski definition) is 1. The summed E-state index contributed by atoms with van der Waals surface area (Å²) >= 11 is 0. The Balaban J connectivity index is 2.08. The van der Waals surface area contributed by atoms with Gasteiger partial charge in [-0.05, 0) is 24.6 Å². The van der Waals surface area contributed by atoms with Gasteiger partial charge in [-0.2, -0.15) is 5.10 Å². The number of nitrogens with zero attached hydrogens (tertiary/aromatic N) is 2. The molecular weight excluding hydrogens is 226 g/mol. The van der Waals surface area contributed by atoms with E-state index in [9.17, 15) is 0 Å². The molecule has 4 heteroatoms. The number of furan rings is 1. The first kappa shape index (κ1) is 11.3. The van der Waals surface area contributed by atoms with Crippen LogP contribution in [0.4, 0.5) is 0 Å². The van der Waals surface area contributed by atoms with Crippen molar-refractivity contribution in [2.75, 3.05) is 0 Å². The van der Waals surface area contributed by atoms with Crippen LogP contribution >= 0.6 is 0 Å². The predicted octanol–water partition coefficient (Wildman–Crippen LogP) is 2.91. The molecule has 3 rings (SSSR count). The Morgan fingerprint density at radius 2 is 2.28 bits per heavy atom. The molecule has 4 nitrogen and oxygen atoms in total. The minimum Gasteiger partial charge on any atom is -0.464 e. The van der Waals surface area contributed by atoms with Crippen LogP contribution in [0.1, 0.15) is 19.8 Å². The van der Waals surface area contributed by atoms with Crippen molar-refractivity contribution in [3.8, 4) is 0 Å². The van der Waals surface area contributed by atoms with Gasteiger partial charge in [0.1, 0.15) is 5.58 Å². The first-order valence-electron chi connectivity index (χ1n) is 6.37. The fraction of sp³-hybridized carbons (Fsp3) is 0.357. The Kier molecular flexibility index (Phi) is 2.80. The predicted molar refractivity (Wildman–Crippen MR) is 72.4 cm³/mol. The minimum absolute atomic E-state index is 0.153. The molecule has 2 N–H and O–H groups in total. The highest BCUT2D eigenvalue weighted by Crippen LogP contribution is 2.26. The van der Waals surface area contributed by atoms with Gasteiger partial charge in [0, 0.05) is 16.8 Å². The van der Waals surface area contributed by atoms with Crippen LogP contribution in [0.5, 0.6) is 0 Å². The molecule has 0 aliphatic rings. The van der Waals surface area contributed by atoms with Crippen LogP contribution in [0.3, 0.4) is 0 Å². The largest absolute Gasteiger partial charge is 0.464 e. The summed E-state index contributed by atoms with van der Waals surface area (Å²) in [5.74, 6) is 0. The summed E-state index contributed by atoms with van der Waals surface area (Å²) in [7, 11) is 0. The van der Waals surface area contributed by atoms with Crippen molar-refractivity contribution in [3.05, 3.63) is 30.7 Å². The van der Waals surface area contributed by atoms with Crippen LogP contribution in [0.15, 0.2) is 35.1 Å². The zero-order valence-electron chi connectivity index (χ0n) is 10.5. The lowest BCUT2D eigenvalue weighted by atomic mass is 10.1. The monoisotopic (exact) mass is 243 g/mol. The molecular formula is C14H17N3O. The summed E-state index contributed by atoms with van der Waals surface area (Å²) < 4.78 is 7.42. The van der Waals surface area contributed by atoms with Gasteiger partial charge in [-0.25, -0.2) is 0 Å². The molecule has 0 aliphatic heterocycles. The molecule has 0 amide bonds. The molecule has 94 valence electrons. The van der Waals surface area contributed by atoms with Gasteiger partial charge >= 0.3 is 0 Å². The smallest absolute Gasteiger partial charge is 0.136 e. The summed E-state index contributed by atoms with van der Waals surface area (Å²) in [5, 5.41) is 6.68. The Morgan fingerprint density at radius 3 is 3.11 bits per heavy atom. The SMILES string of the molecule is CCCC(N)Cn1ncc2ccc3occc3c21. The van der Waals surface area contributed by atoms with Crippen LogP contribution in [-0.2, 0) is 6.54 Å². The van der Waals surface area contributed by atoms with E-state index in [0.29, 0.717) is 0 Å². The summed E-state index contributed by atoms with van der Waals surface area (Å²) in [4.78, 5) is 0. The molecule has 1 unspecified atom stereocenters. The van der Waals surface area contributed by atoms with Crippen molar-refractivity contribution in [1.82, 2.24) is 9.78 Å². The van der Waals surface area contributed by atoms with Crippen molar-refractivity contribution < 1.29 is 4.42 Å². The summed E-state index contributed by atoms with van der Waals surface area (Å²) in [6.07, 6.45) is 5.72. The third-order valence-corrected chi connectivity index (χ3v) is 3.30. The average Bonchev–Trinajstić information content (AvgIpc) is 2.94. The molecule has 1 atom stereocenters. The number of fused-ring (bicyclic) bond motifs is 3. The van der Waals surface area contributed by atoms with E-state index in [2.05, 4.69) is 12.0 Å². The number of hydrogen-bond acceptors (Lipinski definition) is 3. The molecule has 0 fully saturated rings. The minimum atomic E-state index is 0.153. The molecule has 0 bridgehead atoms. The lowest BCUT2D eigenvalue weighted by Crippen LogP contribution is -2.26. The van der Waals surface area contributed by atoms with Gasteiger partial charge in [0.05, 0.1) is 24.5 Å². The van der Waals surface area contributed by atoms with Gasteiger partial charge in [-0.1, -0.05) is 13.3 Å². The molecule has 3 aromatic rings. The van der Waals surface area contributed by atoms with E-state index in [1.807, 2.05) is 29.1 Å². The summed E-state index contributed by atoms with van der Waals surface area (Å²) in [6.45, 7) is 2.90. The fourth-order valence-electron chi connectivity index (χ4n) is 2.45. The third-order valence-electron chi connectivity index (χ3n) is 3.30. The van der Waals surface area contributed by atoms with Gasteiger partial charge in [-0.3, -0.25) is 4.68 Å².